The molecular weight excluding hydrogens is 272 g/mol. The van der Waals surface area contributed by atoms with E-state index in [1.54, 1.807) is 0 Å². The maximum atomic E-state index is 12.1. The van der Waals surface area contributed by atoms with E-state index in [9.17, 15) is 9.59 Å². The molecule has 2 rings (SSSR count). The maximum Gasteiger partial charge on any atom is 0.262 e. The zero-order chi connectivity index (χ0) is 14.7. The number of aryl methyl sites for hydroxylation is 1. The van der Waals surface area contributed by atoms with Gasteiger partial charge in [0.05, 0.1) is 11.4 Å². The van der Waals surface area contributed by atoms with Gasteiger partial charge >= 0.3 is 0 Å². The van der Waals surface area contributed by atoms with Crippen molar-refractivity contribution in [3.8, 4) is 0 Å². The second kappa shape index (κ2) is 6.05. The van der Waals surface area contributed by atoms with E-state index in [0.29, 0.717) is 4.88 Å². The smallest absolute Gasteiger partial charge is 0.262 e. The molecule has 2 aromatic rings. The highest BCUT2D eigenvalue weighted by atomic mass is 32.1. The normalized spacial score (nSPS) is 10.8. The lowest BCUT2D eigenvalue weighted by Crippen LogP contribution is -2.39. The van der Waals surface area contributed by atoms with E-state index in [-0.39, 0.29) is 24.4 Å². The minimum atomic E-state index is -0.192. The molecule has 1 heterocycles. The van der Waals surface area contributed by atoms with Crippen LogP contribution in [0, 0.1) is 6.92 Å². The van der Waals surface area contributed by atoms with E-state index in [2.05, 4.69) is 10.6 Å². The molecule has 4 nitrogen and oxygen atoms in total. The van der Waals surface area contributed by atoms with E-state index >= 15 is 0 Å². The Balaban J connectivity index is 2.08. The molecule has 0 bridgehead atoms. The fourth-order valence-corrected chi connectivity index (χ4v) is 3.13. The standard InChI is InChI=1S/C15H18N2O2S/c1-9(2)17-13(18)8-16-15(19)14-10(3)11-6-4-5-7-12(11)20-14/h4-7,9H,8H2,1-3H3,(H,16,19)(H,17,18). The Morgan fingerprint density at radius 1 is 1.25 bits per heavy atom. The molecule has 5 heteroatoms. The van der Waals surface area contributed by atoms with Crippen LogP contribution in [0.15, 0.2) is 24.3 Å². The van der Waals surface area contributed by atoms with Gasteiger partial charge in [-0.15, -0.1) is 11.3 Å². The third-order valence-electron chi connectivity index (χ3n) is 2.91. The maximum absolute atomic E-state index is 12.1. The van der Waals surface area contributed by atoms with E-state index < -0.39 is 0 Å². The van der Waals surface area contributed by atoms with Crippen LogP contribution in [0.5, 0.6) is 0 Å². The first-order valence-electron chi connectivity index (χ1n) is 6.54. The number of carbonyl (C=O) groups is 2. The fraction of sp³-hybridized carbons (Fsp3) is 0.333. The first kappa shape index (κ1) is 14.5. The minimum absolute atomic E-state index is 0.00466. The highest BCUT2D eigenvalue weighted by Gasteiger charge is 2.15. The molecule has 0 aliphatic rings. The number of hydrogen-bond donors (Lipinski definition) is 2. The van der Waals surface area contributed by atoms with Crippen molar-refractivity contribution in [2.45, 2.75) is 26.8 Å². The molecule has 0 aliphatic carbocycles. The molecule has 2 amide bonds. The molecule has 0 spiro atoms. The minimum Gasteiger partial charge on any atom is -0.352 e. The number of nitrogens with one attached hydrogen (secondary N) is 2. The quantitative estimate of drug-likeness (QED) is 0.908. The molecule has 1 aromatic heterocycles. The van der Waals surface area contributed by atoms with Gasteiger partial charge in [-0.3, -0.25) is 9.59 Å². The molecule has 2 N–H and O–H groups in total. The summed E-state index contributed by atoms with van der Waals surface area (Å²) < 4.78 is 1.08. The Morgan fingerprint density at radius 2 is 1.95 bits per heavy atom. The summed E-state index contributed by atoms with van der Waals surface area (Å²) in [5.74, 6) is -0.366. The SMILES string of the molecule is Cc1c(C(=O)NCC(=O)NC(C)C)sc2ccccc12. The molecule has 0 fully saturated rings. The van der Waals surface area contributed by atoms with Crippen LogP contribution in [-0.4, -0.2) is 24.4 Å². The van der Waals surface area contributed by atoms with Gasteiger partial charge in [0.15, 0.2) is 0 Å². The van der Waals surface area contributed by atoms with Crippen molar-refractivity contribution < 1.29 is 9.59 Å². The molecule has 0 saturated carbocycles. The lowest BCUT2D eigenvalue weighted by Gasteiger charge is -2.08. The highest BCUT2D eigenvalue weighted by molar-refractivity contribution is 7.21. The lowest BCUT2D eigenvalue weighted by molar-refractivity contribution is -0.120. The monoisotopic (exact) mass is 290 g/mol. The topological polar surface area (TPSA) is 58.2 Å². The number of rotatable bonds is 4. The molecule has 0 atom stereocenters. The highest BCUT2D eigenvalue weighted by Crippen LogP contribution is 2.30. The number of amides is 2. The van der Waals surface area contributed by atoms with Gasteiger partial charge < -0.3 is 10.6 Å². The van der Waals surface area contributed by atoms with Gasteiger partial charge in [-0.25, -0.2) is 0 Å². The Labute approximate surface area is 122 Å². The molecule has 0 radical (unpaired) electrons. The number of thiophene rings is 1. The second-order valence-electron chi connectivity index (χ2n) is 4.96. The van der Waals surface area contributed by atoms with E-state index in [4.69, 9.17) is 0 Å². The summed E-state index contributed by atoms with van der Waals surface area (Å²) in [7, 11) is 0. The predicted molar refractivity (Wildman–Crippen MR) is 82.2 cm³/mol. The van der Waals surface area contributed by atoms with Crippen molar-refractivity contribution in [3.63, 3.8) is 0 Å². The zero-order valence-electron chi connectivity index (χ0n) is 11.8. The zero-order valence-corrected chi connectivity index (χ0v) is 12.6. The van der Waals surface area contributed by atoms with Crippen molar-refractivity contribution in [3.05, 3.63) is 34.7 Å². The third kappa shape index (κ3) is 3.17. The van der Waals surface area contributed by atoms with Gasteiger partial charge in [0.25, 0.3) is 5.91 Å². The Hall–Kier alpha value is -1.88. The molecular formula is C15H18N2O2S. The fourth-order valence-electron chi connectivity index (χ4n) is 2.00. The first-order valence-corrected chi connectivity index (χ1v) is 7.36. The summed E-state index contributed by atoms with van der Waals surface area (Å²) in [6, 6.07) is 7.99. The van der Waals surface area contributed by atoms with E-state index in [0.717, 1.165) is 15.6 Å². The van der Waals surface area contributed by atoms with Crippen LogP contribution >= 0.6 is 11.3 Å². The largest absolute Gasteiger partial charge is 0.352 e. The predicted octanol–water partition coefficient (Wildman–Crippen LogP) is 2.46. The average molecular weight is 290 g/mol. The summed E-state index contributed by atoms with van der Waals surface area (Å²) in [4.78, 5) is 24.3. The molecule has 0 unspecified atom stereocenters. The molecule has 1 aromatic carbocycles. The van der Waals surface area contributed by atoms with Crippen molar-refractivity contribution in [1.29, 1.82) is 0 Å². The van der Waals surface area contributed by atoms with Crippen molar-refractivity contribution in [2.24, 2.45) is 0 Å². The molecule has 20 heavy (non-hydrogen) atoms. The van der Waals surface area contributed by atoms with Crippen LogP contribution in [0.2, 0.25) is 0 Å². The van der Waals surface area contributed by atoms with Crippen molar-refractivity contribution in [1.82, 2.24) is 10.6 Å². The van der Waals surface area contributed by atoms with Crippen molar-refractivity contribution in [2.75, 3.05) is 6.54 Å². The van der Waals surface area contributed by atoms with Crippen LogP contribution in [-0.2, 0) is 4.79 Å². The van der Waals surface area contributed by atoms with Gasteiger partial charge in [-0.2, -0.15) is 0 Å². The summed E-state index contributed by atoms with van der Waals surface area (Å²) in [5.41, 5.74) is 0.965. The number of fused-ring (bicyclic) bond motifs is 1. The summed E-state index contributed by atoms with van der Waals surface area (Å²) in [6.45, 7) is 5.71. The number of hydrogen-bond acceptors (Lipinski definition) is 3. The van der Waals surface area contributed by atoms with Crippen LogP contribution in [0.25, 0.3) is 10.1 Å². The summed E-state index contributed by atoms with van der Waals surface area (Å²) >= 11 is 1.45. The number of carbonyl (C=O) groups excluding carboxylic acids is 2. The Bertz CT molecular complexity index is 646. The average Bonchev–Trinajstić information content (AvgIpc) is 2.73. The van der Waals surface area contributed by atoms with Gasteiger partial charge in [0, 0.05) is 10.7 Å². The lowest BCUT2D eigenvalue weighted by atomic mass is 10.1. The van der Waals surface area contributed by atoms with Crippen LogP contribution in [0.4, 0.5) is 0 Å². The third-order valence-corrected chi connectivity index (χ3v) is 4.18. The Kier molecular flexibility index (Phi) is 4.39. The van der Waals surface area contributed by atoms with Gasteiger partial charge in [-0.1, -0.05) is 18.2 Å². The van der Waals surface area contributed by atoms with Gasteiger partial charge in [0.2, 0.25) is 5.91 Å². The first-order chi connectivity index (χ1) is 9.49. The Morgan fingerprint density at radius 3 is 2.60 bits per heavy atom. The molecule has 0 saturated heterocycles. The van der Waals surface area contributed by atoms with Gasteiger partial charge in [0.1, 0.15) is 0 Å². The summed E-state index contributed by atoms with van der Waals surface area (Å²) in [6.07, 6.45) is 0. The molecule has 0 aliphatic heterocycles. The van der Waals surface area contributed by atoms with Crippen LogP contribution < -0.4 is 10.6 Å². The second-order valence-corrected chi connectivity index (χ2v) is 6.01. The van der Waals surface area contributed by atoms with E-state index in [1.807, 2.05) is 45.0 Å². The molecule has 106 valence electrons. The van der Waals surface area contributed by atoms with E-state index in [1.165, 1.54) is 11.3 Å². The van der Waals surface area contributed by atoms with Crippen molar-refractivity contribution >= 4 is 33.2 Å². The summed E-state index contributed by atoms with van der Waals surface area (Å²) in [5, 5.41) is 6.50. The number of benzene rings is 1. The van der Waals surface area contributed by atoms with Gasteiger partial charge in [-0.05, 0) is 37.8 Å². The van der Waals surface area contributed by atoms with Crippen LogP contribution in [0.1, 0.15) is 29.1 Å². The van der Waals surface area contributed by atoms with Crippen LogP contribution in [0.3, 0.4) is 0 Å².